The van der Waals surface area contributed by atoms with Crippen LogP contribution in [0.2, 0.25) is 0 Å². The molecule has 220 valence electrons. The molecule has 0 radical (unpaired) electrons. The van der Waals surface area contributed by atoms with E-state index in [-0.39, 0.29) is 36.7 Å². The highest BCUT2D eigenvalue weighted by atomic mass is 35.5. The zero-order valence-electron chi connectivity index (χ0n) is 22.7. The molecule has 12 heteroatoms. The smallest absolute Gasteiger partial charge is 0.335 e. The van der Waals surface area contributed by atoms with Crippen LogP contribution < -0.4 is 20.4 Å². The normalized spacial score (nSPS) is 20.3. The Morgan fingerprint density at radius 3 is 2.15 bits per heavy atom. The minimum absolute atomic E-state index is 0. The van der Waals surface area contributed by atoms with Crippen LogP contribution in [0.15, 0.2) is 42.5 Å². The lowest BCUT2D eigenvalue weighted by Crippen LogP contribution is -2.52. The van der Waals surface area contributed by atoms with Crippen molar-refractivity contribution in [1.29, 1.82) is 0 Å². The van der Waals surface area contributed by atoms with Crippen molar-refractivity contribution in [1.82, 2.24) is 15.5 Å². The van der Waals surface area contributed by atoms with Gasteiger partial charge in [0.1, 0.15) is 11.9 Å². The van der Waals surface area contributed by atoms with E-state index < -0.39 is 29.6 Å². The molecule has 0 bridgehead atoms. The Morgan fingerprint density at radius 2 is 1.54 bits per heavy atom. The summed E-state index contributed by atoms with van der Waals surface area (Å²) in [5.41, 5.74) is 1.95. The van der Waals surface area contributed by atoms with E-state index in [1.165, 1.54) is 12.1 Å². The molecule has 0 aromatic heterocycles. The number of carboxylic acids is 1. The highest BCUT2D eigenvalue weighted by Crippen LogP contribution is 2.26. The molecular weight excluding hydrogens is 553 g/mol. The number of anilines is 2. The fourth-order valence-corrected chi connectivity index (χ4v) is 5.69. The van der Waals surface area contributed by atoms with Crippen LogP contribution in [-0.4, -0.2) is 85.6 Å². The van der Waals surface area contributed by atoms with Gasteiger partial charge in [-0.2, -0.15) is 0 Å². The Balaban J connectivity index is 0.00000387. The summed E-state index contributed by atoms with van der Waals surface area (Å²) in [6.07, 6.45) is 2.48. The summed E-state index contributed by atoms with van der Waals surface area (Å²) >= 11 is 0. The molecule has 3 N–H and O–H groups in total. The Hall–Kier alpha value is -3.70. The minimum Gasteiger partial charge on any atom is -0.478 e. The maximum atomic E-state index is 14.9. The van der Waals surface area contributed by atoms with Crippen molar-refractivity contribution in [3.05, 3.63) is 59.4 Å². The second-order valence-corrected chi connectivity index (χ2v) is 10.7. The van der Waals surface area contributed by atoms with Gasteiger partial charge in [-0.1, -0.05) is 0 Å². The number of rotatable bonds is 7. The average molecular weight is 588 g/mol. The minimum atomic E-state index is -0.915. The summed E-state index contributed by atoms with van der Waals surface area (Å²) in [4.78, 5) is 53.7. The molecule has 41 heavy (non-hydrogen) atoms. The summed E-state index contributed by atoms with van der Waals surface area (Å²) in [6, 6.07) is 10.8. The maximum absolute atomic E-state index is 14.9. The molecule has 0 spiro atoms. The SMILES string of the molecule is Cl.O=C1CC[C@H](NC(=O)c2ccc(N3CCN(CC4CCN(c5ccc(C(=O)O)cc5)CC4)CC3)cc2F)C(=O)N1. The first-order valence-corrected chi connectivity index (χ1v) is 13.8. The molecule has 1 atom stereocenters. The number of nitrogens with one attached hydrogen (secondary N) is 2. The van der Waals surface area contributed by atoms with Crippen LogP contribution in [0.4, 0.5) is 15.8 Å². The van der Waals surface area contributed by atoms with Crippen molar-refractivity contribution in [2.24, 2.45) is 5.92 Å². The van der Waals surface area contributed by atoms with Gasteiger partial charge in [-0.3, -0.25) is 24.6 Å². The number of halogens is 2. The topological polar surface area (TPSA) is 122 Å². The predicted octanol–water partition coefficient (Wildman–Crippen LogP) is 2.52. The molecule has 3 fully saturated rings. The van der Waals surface area contributed by atoms with Crippen LogP contribution in [-0.2, 0) is 9.59 Å². The number of hydrogen-bond acceptors (Lipinski definition) is 7. The highest BCUT2D eigenvalue weighted by molar-refractivity contribution is 6.04. The molecule has 5 rings (SSSR count). The van der Waals surface area contributed by atoms with E-state index in [9.17, 15) is 23.6 Å². The van der Waals surface area contributed by atoms with Crippen LogP contribution in [0.25, 0.3) is 0 Å². The fraction of sp³-hybridized carbons (Fsp3) is 0.448. The number of amides is 3. The third kappa shape index (κ3) is 7.34. The van der Waals surface area contributed by atoms with Crippen LogP contribution in [0, 0.1) is 11.7 Å². The van der Waals surface area contributed by atoms with Crippen molar-refractivity contribution < 1.29 is 28.7 Å². The van der Waals surface area contributed by atoms with E-state index >= 15 is 0 Å². The summed E-state index contributed by atoms with van der Waals surface area (Å²) in [5.74, 6) is -2.58. The molecule has 3 aliphatic heterocycles. The predicted molar refractivity (Wildman–Crippen MR) is 154 cm³/mol. The molecule has 2 aromatic carbocycles. The number of imide groups is 1. The van der Waals surface area contributed by atoms with E-state index in [2.05, 4.69) is 25.3 Å². The Morgan fingerprint density at radius 1 is 0.902 bits per heavy atom. The van der Waals surface area contributed by atoms with Gasteiger partial charge in [0.2, 0.25) is 11.8 Å². The lowest BCUT2D eigenvalue weighted by atomic mass is 9.95. The van der Waals surface area contributed by atoms with Crippen LogP contribution in [0.1, 0.15) is 46.4 Å². The van der Waals surface area contributed by atoms with Crippen molar-refractivity contribution >= 4 is 47.5 Å². The Kier molecular flexibility index (Phi) is 9.82. The fourth-order valence-electron chi connectivity index (χ4n) is 5.69. The van der Waals surface area contributed by atoms with Gasteiger partial charge >= 0.3 is 5.97 Å². The first kappa shape index (κ1) is 30.3. The van der Waals surface area contributed by atoms with Gasteiger partial charge < -0.3 is 20.2 Å². The van der Waals surface area contributed by atoms with E-state index in [1.807, 2.05) is 12.1 Å². The maximum Gasteiger partial charge on any atom is 0.335 e. The number of carboxylic acid groups (broad SMARTS) is 1. The van der Waals surface area contributed by atoms with Gasteiger partial charge in [-0.05, 0) is 67.6 Å². The number of nitrogens with zero attached hydrogens (tertiary/aromatic N) is 3. The summed E-state index contributed by atoms with van der Waals surface area (Å²) < 4.78 is 14.9. The van der Waals surface area contributed by atoms with Gasteiger partial charge in [-0.25, -0.2) is 9.18 Å². The lowest BCUT2D eigenvalue weighted by molar-refractivity contribution is -0.134. The zero-order valence-corrected chi connectivity index (χ0v) is 23.5. The average Bonchev–Trinajstić information content (AvgIpc) is 2.95. The highest BCUT2D eigenvalue weighted by Gasteiger charge is 2.29. The second kappa shape index (κ2) is 13.3. The number of benzene rings is 2. The molecule has 3 amide bonds. The largest absolute Gasteiger partial charge is 0.478 e. The number of hydrogen-bond donors (Lipinski definition) is 3. The zero-order chi connectivity index (χ0) is 28.2. The summed E-state index contributed by atoms with van der Waals surface area (Å²) in [7, 11) is 0. The van der Waals surface area contributed by atoms with E-state index in [4.69, 9.17) is 5.11 Å². The van der Waals surface area contributed by atoms with Gasteiger partial charge in [0.25, 0.3) is 5.91 Å². The number of carbonyl (C=O) groups excluding carboxylic acids is 3. The quantitative estimate of drug-likeness (QED) is 0.423. The molecular formula is C29H35ClFN5O5. The van der Waals surface area contributed by atoms with E-state index in [0.717, 1.165) is 70.0 Å². The molecule has 0 saturated carbocycles. The van der Waals surface area contributed by atoms with Crippen molar-refractivity contribution in [2.45, 2.75) is 31.7 Å². The van der Waals surface area contributed by atoms with Crippen LogP contribution >= 0.6 is 12.4 Å². The number of aromatic carboxylic acids is 1. The monoisotopic (exact) mass is 587 g/mol. The molecule has 0 unspecified atom stereocenters. The van der Waals surface area contributed by atoms with Crippen molar-refractivity contribution in [3.63, 3.8) is 0 Å². The van der Waals surface area contributed by atoms with Gasteiger partial charge in [0.15, 0.2) is 0 Å². The van der Waals surface area contributed by atoms with Gasteiger partial charge in [0.05, 0.1) is 11.1 Å². The first-order valence-electron chi connectivity index (χ1n) is 13.8. The Labute approximate surface area is 244 Å². The Bertz CT molecular complexity index is 1280. The molecule has 3 heterocycles. The second-order valence-electron chi connectivity index (χ2n) is 10.7. The standard InChI is InChI=1S/C29H34FN5O5.ClH/c30-24-17-22(5-6-23(24)27(37)31-25-7-8-26(36)32-28(25)38)35-15-13-33(14-16-35)18-19-9-11-34(12-10-19)21-3-1-20(2-4-21)29(39)40;/h1-6,17,19,25H,7-16,18H2,(H,31,37)(H,39,40)(H,32,36,38);1H/t25-;/m0./s1. The molecule has 10 nitrogen and oxygen atoms in total. The number of carbonyl (C=O) groups is 4. The third-order valence-corrected chi connectivity index (χ3v) is 8.09. The molecule has 2 aromatic rings. The van der Waals surface area contributed by atoms with Crippen molar-refractivity contribution in [3.8, 4) is 0 Å². The number of piperidine rings is 2. The summed E-state index contributed by atoms with van der Waals surface area (Å²) in [6.45, 7) is 6.17. The van der Waals surface area contributed by atoms with Gasteiger partial charge in [0, 0.05) is 63.6 Å². The van der Waals surface area contributed by atoms with Crippen molar-refractivity contribution in [2.75, 3.05) is 55.6 Å². The molecule has 3 aliphatic rings. The molecule has 3 saturated heterocycles. The van der Waals surface area contributed by atoms with Gasteiger partial charge in [-0.15, -0.1) is 12.4 Å². The van der Waals surface area contributed by atoms with E-state index in [0.29, 0.717) is 11.5 Å². The van der Waals surface area contributed by atoms with Crippen LogP contribution in [0.5, 0.6) is 0 Å². The number of piperazine rings is 1. The first-order chi connectivity index (χ1) is 19.3. The van der Waals surface area contributed by atoms with Crippen LogP contribution in [0.3, 0.4) is 0 Å². The molecule has 0 aliphatic carbocycles. The summed E-state index contributed by atoms with van der Waals surface area (Å²) in [5, 5.41) is 13.8. The lowest BCUT2D eigenvalue weighted by Gasteiger charge is -2.40. The van der Waals surface area contributed by atoms with E-state index in [1.54, 1.807) is 18.2 Å². The third-order valence-electron chi connectivity index (χ3n) is 8.09.